The lowest BCUT2D eigenvalue weighted by Gasteiger charge is -2.14. The van der Waals surface area contributed by atoms with E-state index >= 15 is 0 Å². The molecule has 0 aliphatic carbocycles. The first kappa shape index (κ1) is 21.1. The van der Waals surface area contributed by atoms with Gasteiger partial charge >= 0.3 is 0 Å². The zero-order valence-corrected chi connectivity index (χ0v) is 17.4. The summed E-state index contributed by atoms with van der Waals surface area (Å²) in [5, 5.41) is 5.81. The van der Waals surface area contributed by atoms with Crippen molar-refractivity contribution in [3.05, 3.63) is 89.5 Å². The number of benzene rings is 3. The Morgan fingerprint density at radius 3 is 2.27 bits per heavy atom. The van der Waals surface area contributed by atoms with Crippen molar-refractivity contribution in [3.8, 4) is 5.75 Å². The summed E-state index contributed by atoms with van der Waals surface area (Å²) < 4.78 is 5.78. The first-order valence-corrected chi connectivity index (χ1v) is 9.94. The van der Waals surface area contributed by atoms with Crippen molar-refractivity contribution in [2.45, 2.75) is 20.8 Å². The quantitative estimate of drug-likeness (QED) is 0.546. The number of ether oxygens (including phenoxy) is 1. The van der Waals surface area contributed by atoms with Crippen molar-refractivity contribution >= 4 is 23.2 Å². The molecule has 30 heavy (non-hydrogen) atoms. The van der Waals surface area contributed by atoms with E-state index in [2.05, 4.69) is 24.5 Å². The Hall–Kier alpha value is -3.60. The predicted molar refractivity (Wildman–Crippen MR) is 120 cm³/mol. The number of hydrogen-bond acceptors (Lipinski definition) is 3. The first-order valence-electron chi connectivity index (χ1n) is 9.94. The van der Waals surface area contributed by atoms with E-state index in [4.69, 9.17) is 4.74 Å². The molecule has 0 unspecified atom stereocenters. The molecule has 2 N–H and O–H groups in total. The van der Waals surface area contributed by atoms with Crippen LogP contribution in [-0.2, 0) is 0 Å². The minimum atomic E-state index is -0.241. The van der Waals surface area contributed by atoms with Gasteiger partial charge in [0.2, 0.25) is 0 Å². The average molecular weight is 402 g/mol. The number of anilines is 2. The van der Waals surface area contributed by atoms with Crippen molar-refractivity contribution in [1.82, 2.24) is 0 Å². The molecule has 0 aliphatic heterocycles. The van der Waals surface area contributed by atoms with Crippen LogP contribution >= 0.6 is 0 Å². The molecule has 3 rings (SSSR count). The Bertz CT molecular complexity index is 1030. The summed E-state index contributed by atoms with van der Waals surface area (Å²) in [4.78, 5) is 25.1. The Labute approximate surface area is 177 Å². The Morgan fingerprint density at radius 1 is 0.867 bits per heavy atom. The highest BCUT2D eigenvalue weighted by molar-refractivity contribution is 6.07. The summed E-state index contributed by atoms with van der Waals surface area (Å²) in [5.74, 6) is 0.510. The molecule has 0 atom stereocenters. The lowest BCUT2D eigenvalue weighted by atomic mass is 10.1. The van der Waals surface area contributed by atoms with E-state index in [9.17, 15) is 9.59 Å². The summed E-state index contributed by atoms with van der Waals surface area (Å²) in [6, 6.07) is 21.6. The zero-order valence-electron chi connectivity index (χ0n) is 17.4. The van der Waals surface area contributed by atoms with E-state index in [0.717, 1.165) is 5.56 Å². The van der Waals surface area contributed by atoms with Gasteiger partial charge in [-0.25, -0.2) is 0 Å². The van der Waals surface area contributed by atoms with E-state index in [1.807, 2.05) is 43.3 Å². The minimum Gasteiger partial charge on any atom is -0.492 e. The predicted octanol–water partition coefficient (Wildman–Crippen LogP) is 5.53. The van der Waals surface area contributed by atoms with Crippen LogP contribution in [0.2, 0.25) is 0 Å². The van der Waals surface area contributed by atoms with E-state index < -0.39 is 0 Å². The molecule has 154 valence electrons. The fourth-order valence-electron chi connectivity index (χ4n) is 2.90. The highest BCUT2D eigenvalue weighted by atomic mass is 16.5. The van der Waals surface area contributed by atoms with E-state index in [0.29, 0.717) is 40.8 Å². The molecule has 0 aromatic heterocycles. The van der Waals surface area contributed by atoms with Gasteiger partial charge < -0.3 is 15.4 Å². The fraction of sp³-hybridized carbons (Fsp3) is 0.200. The average Bonchev–Trinajstić information content (AvgIpc) is 2.75. The van der Waals surface area contributed by atoms with Crippen LogP contribution in [-0.4, -0.2) is 18.4 Å². The van der Waals surface area contributed by atoms with Crippen LogP contribution in [0.3, 0.4) is 0 Å². The lowest BCUT2D eigenvalue weighted by Crippen LogP contribution is -2.15. The minimum absolute atomic E-state index is 0.174. The molecule has 0 radical (unpaired) electrons. The molecule has 3 aromatic carbocycles. The molecule has 0 fully saturated rings. The van der Waals surface area contributed by atoms with E-state index in [1.54, 1.807) is 36.4 Å². The standard InChI is InChI=1S/C25H26N2O3/c1-17(2)16-30-23-12-8-7-11-21(23)25(29)26-20-13-14-22(18(3)15-20)27-24(28)19-9-5-4-6-10-19/h4-15,17H,16H2,1-3H3,(H,26,29)(H,27,28). The second kappa shape index (κ2) is 9.74. The van der Waals surface area contributed by atoms with E-state index in [-0.39, 0.29) is 11.8 Å². The first-order chi connectivity index (χ1) is 14.4. The maximum Gasteiger partial charge on any atom is 0.259 e. The third kappa shape index (κ3) is 5.47. The second-order valence-corrected chi connectivity index (χ2v) is 7.50. The fourth-order valence-corrected chi connectivity index (χ4v) is 2.90. The third-order valence-corrected chi connectivity index (χ3v) is 4.47. The third-order valence-electron chi connectivity index (χ3n) is 4.47. The number of carbonyl (C=O) groups is 2. The number of aryl methyl sites for hydroxylation is 1. The van der Waals surface area contributed by atoms with Gasteiger partial charge in [-0.2, -0.15) is 0 Å². The number of hydrogen-bond donors (Lipinski definition) is 2. The summed E-state index contributed by atoms with van der Waals surface area (Å²) in [7, 11) is 0. The molecular formula is C25H26N2O3. The number of carbonyl (C=O) groups excluding carboxylic acids is 2. The lowest BCUT2D eigenvalue weighted by molar-refractivity contribution is 0.101. The van der Waals surface area contributed by atoms with Crippen molar-refractivity contribution in [2.24, 2.45) is 5.92 Å². The number of nitrogens with one attached hydrogen (secondary N) is 2. The molecule has 0 heterocycles. The Kier molecular flexibility index (Phi) is 6.86. The van der Waals surface area contributed by atoms with Crippen LogP contribution in [0.15, 0.2) is 72.8 Å². The summed E-state index contributed by atoms with van der Waals surface area (Å²) >= 11 is 0. The highest BCUT2D eigenvalue weighted by Crippen LogP contribution is 2.23. The molecule has 5 nitrogen and oxygen atoms in total. The Morgan fingerprint density at radius 2 is 1.57 bits per heavy atom. The molecular weight excluding hydrogens is 376 g/mol. The van der Waals surface area contributed by atoms with Gasteiger partial charge in [-0.3, -0.25) is 9.59 Å². The van der Waals surface area contributed by atoms with E-state index in [1.165, 1.54) is 0 Å². The van der Waals surface area contributed by atoms with Crippen LogP contribution < -0.4 is 15.4 Å². The number of rotatable bonds is 7. The molecule has 0 aliphatic rings. The monoisotopic (exact) mass is 402 g/mol. The van der Waals surface area contributed by atoms with Gasteiger partial charge in [0.25, 0.3) is 11.8 Å². The molecule has 2 amide bonds. The Balaban J connectivity index is 1.70. The summed E-state index contributed by atoms with van der Waals surface area (Å²) in [5.41, 5.74) is 3.27. The number of amides is 2. The van der Waals surface area contributed by atoms with Crippen LogP contribution in [0, 0.1) is 12.8 Å². The molecule has 3 aromatic rings. The summed E-state index contributed by atoms with van der Waals surface area (Å²) in [6.07, 6.45) is 0. The molecule has 0 saturated heterocycles. The van der Waals surface area contributed by atoms with Gasteiger partial charge in [-0.1, -0.05) is 44.2 Å². The maximum atomic E-state index is 12.8. The highest BCUT2D eigenvalue weighted by Gasteiger charge is 2.14. The molecule has 0 spiro atoms. The van der Waals surface area contributed by atoms with Gasteiger partial charge in [0, 0.05) is 16.9 Å². The van der Waals surface area contributed by atoms with Crippen LogP contribution in [0.1, 0.15) is 40.1 Å². The second-order valence-electron chi connectivity index (χ2n) is 7.50. The van der Waals surface area contributed by atoms with Gasteiger partial charge in [-0.15, -0.1) is 0 Å². The molecule has 0 bridgehead atoms. The largest absolute Gasteiger partial charge is 0.492 e. The SMILES string of the molecule is Cc1cc(NC(=O)c2ccccc2OCC(C)C)ccc1NC(=O)c1ccccc1. The van der Waals surface area contributed by atoms with Crippen molar-refractivity contribution < 1.29 is 14.3 Å². The topological polar surface area (TPSA) is 67.4 Å². The molecule has 5 heteroatoms. The normalized spacial score (nSPS) is 10.5. The van der Waals surface area contributed by atoms with Gasteiger partial charge in [0.1, 0.15) is 5.75 Å². The van der Waals surface area contributed by atoms with Crippen LogP contribution in [0.5, 0.6) is 5.75 Å². The zero-order chi connectivity index (χ0) is 21.5. The van der Waals surface area contributed by atoms with Gasteiger partial charge in [0.15, 0.2) is 0 Å². The van der Waals surface area contributed by atoms with Crippen LogP contribution in [0.25, 0.3) is 0 Å². The molecule has 0 saturated carbocycles. The van der Waals surface area contributed by atoms with Crippen molar-refractivity contribution in [3.63, 3.8) is 0 Å². The summed E-state index contributed by atoms with van der Waals surface area (Å²) in [6.45, 7) is 6.54. The van der Waals surface area contributed by atoms with Crippen molar-refractivity contribution in [2.75, 3.05) is 17.2 Å². The van der Waals surface area contributed by atoms with Crippen LogP contribution in [0.4, 0.5) is 11.4 Å². The smallest absolute Gasteiger partial charge is 0.259 e. The van der Waals surface area contributed by atoms with Gasteiger partial charge in [-0.05, 0) is 60.9 Å². The maximum absolute atomic E-state index is 12.8. The van der Waals surface area contributed by atoms with Crippen molar-refractivity contribution in [1.29, 1.82) is 0 Å². The van der Waals surface area contributed by atoms with Gasteiger partial charge in [0.05, 0.1) is 12.2 Å². The number of para-hydroxylation sites is 1.